The van der Waals surface area contributed by atoms with Gasteiger partial charge in [0.1, 0.15) is 5.69 Å². The van der Waals surface area contributed by atoms with Crippen LogP contribution in [0.3, 0.4) is 0 Å². The zero-order valence-electron chi connectivity index (χ0n) is 10.3. The summed E-state index contributed by atoms with van der Waals surface area (Å²) < 4.78 is 26.9. The van der Waals surface area contributed by atoms with Gasteiger partial charge in [0.05, 0.1) is 25.6 Å². The van der Waals surface area contributed by atoms with Gasteiger partial charge in [0.2, 0.25) is 0 Å². The van der Waals surface area contributed by atoms with E-state index in [0.29, 0.717) is 16.5 Å². The summed E-state index contributed by atoms with van der Waals surface area (Å²) >= 11 is 7.97. The molecule has 102 valence electrons. The van der Waals surface area contributed by atoms with Crippen LogP contribution >= 0.6 is 34.2 Å². The zero-order valence-corrected chi connectivity index (χ0v) is 14.0. The van der Waals surface area contributed by atoms with E-state index < -0.39 is 9.84 Å². The number of rotatable bonds is 3. The van der Waals surface area contributed by atoms with Crippen LogP contribution in [-0.4, -0.2) is 28.7 Å². The Morgan fingerprint density at radius 1 is 1.37 bits per heavy atom. The molecule has 0 spiro atoms. The second-order valence-corrected chi connectivity index (χ2v) is 7.66. The Morgan fingerprint density at radius 3 is 2.58 bits per heavy atom. The highest BCUT2D eigenvalue weighted by atomic mass is 127. The first-order valence-corrected chi connectivity index (χ1v) is 8.53. The van der Waals surface area contributed by atoms with Crippen molar-refractivity contribution < 1.29 is 8.42 Å². The van der Waals surface area contributed by atoms with Crippen molar-refractivity contribution in [2.24, 2.45) is 7.05 Å². The van der Waals surface area contributed by atoms with Crippen molar-refractivity contribution in [1.82, 2.24) is 14.5 Å². The molecular formula is C11H11ClIN3O2S. The average Bonchev–Trinajstić information content (AvgIpc) is 2.70. The van der Waals surface area contributed by atoms with Crippen LogP contribution in [0.2, 0.25) is 5.02 Å². The van der Waals surface area contributed by atoms with Crippen LogP contribution in [0.1, 0.15) is 6.92 Å². The van der Waals surface area contributed by atoms with E-state index in [9.17, 15) is 8.42 Å². The predicted octanol–water partition coefficient (Wildman–Crippen LogP) is 2.53. The fourth-order valence-corrected chi connectivity index (χ4v) is 3.24. The highest BCUT2D eigenvalue weighted by Gasteiger charge is 2.22. The Labute approximate surface area is 130 Å². The zero-order chi connectivity index (χ0) is 14.2. The highest BCUT2D eigenvalue weighted by molar-refractivity contribution is 14.1. The molecule has 0 aliphatic rings. The van der Waals surface area contributed by atoms with Crippen molar-refractivity contribution in [3.05, 3.63) is 27.2 Å². The summed E-state index contributed by atoms with van der Waals surface area (Å²) in [4.78, 5) is 8.47. The maximum atomic E-state index is 12.1. The largest absolute Gasteiger partial charge is 0.321 e. The number of hydrogen-bond acceptors (Lipinski definition) is 4. The standard InChI is InChI=1S/C11H11ClIN3O2S/c1-3-19(17,18)8-4-7(12)5-14-10(8)11-15-6-9(13)16(11)2/h4-6H,3H2,1-2H3. The summed E-state index contributed by atoms with van der Waals surface area (Å²) in [6.45, 7) is 1.59. The van der Waals surface area contributed by atoms with Gasteiger partial charge in [-0.05, 0) is 28.7 Å². The molecule has 0 saturated heterocycles. The number of sulfone groups is 1. The van der Waals surface area contributed by atoms with Crippen LogP contribution in [0.25, 0.3) is 11.5 Å². The molecule has 0 aliphatic heterocycles. The molecule has 8 heteroatoms. The van der Waals surface area contributed by atoms with Gasteiger partial charge in [0.15, 0.2) is 15.7 Å². The molecule has 0 radical (unpaired) electrons. The van der Waals surface area contributed by atoms with Crippen molar-refractivity contribution >= 4 is 44.0 Å². The molecular weight excluding hydrogens is 401 g/mol. The van der Waals surface area contributed by atoms with Gasteiger partial charge in [-0.3, -0.25) is 4.98 Å². The van der Waals surface area contributed by atoms with E-state index in [0.717, 1.165) is 3.70 Å². The summed E-state index contributed by atoms with van der Waals surface area (Å²) in [5.74, 6) is 0.497. The van der Waals surface area contributed by atoms with E-state index in [1.807, 2.05) is 7.05 Å². The number of aromatic nitrogens is 3. The van der Waals surface area contributed by atoms with Crippen molar-refractivity contribution in [3.63, 3.8) is 0 Å². The lowest BCUT2D eigenvalue weighted by atomic mass is 10.3. The molecule has 0 bridgehead atoms. The first-order chi connectivity index (χ1) is 8.86. The first-order valence-electron chi connectivity index (χ1n) is 5.42. The maximum absolute atomic E-state index is 12.1. The molecule has 0 aromatic carbocycles. The van der Waals surface area contributed by atoms with Gasteiger partial charge in [-0.1, -0.05) is 18.5 Å². The van der Waals surface area contributed by atoms with E-state index in [1.54, 1.807) is 17.7 Å². The fraction of sp³-hybridized carbons (Fsp3) is 0.273. The van der Waals surface area contributed by atoms with Gasteiger partial charge in [-0.2, -0.15) is 0 Å². The van der Waals surface area contributed by atoms with Crippen molar-refractivity contribution in [3.8, 4) is 11.5 Å². The van der Waals surface area contributed by atoms with Crippen molar-refractivity contribution in [2.75, 3.05) is 5.75 Å². The van der Waals surface area contributed by atoms with Crippen LogP contribution in [0, 0.1) is 3.70 Å². The number of halogens is 2. The van der Waals surface area contributed by atoms with Crippen molar-refractivity contribution in [2.45, 2.75) is 11.8 Å². The Morgan fingerprint density at radius 2 is 2.05 bits per heavy atom. The van der Waals surface area contributed by atoms with Gasteiger partial charge in [0.25, 0.3) is 0 Å². The molecule has 0 amide bonds. The molecule has 19 heavy (non-hydrogen) atoms. The molecule has 0 aliphatic carbocycles. The third-order valence-corrected chi connectivity index (χ3v) is 5.63. The predicted molar refractivity (Wildman–Crippen MR) is 81.9 cm³/mol. The monoisotopic (exact) mass is 411 g/mol. The lowest BCUT2D eigenvalue weighted by Gasteiger charge is -2.09. The Kier molecular flexibility index (Phi) is 4.17. The quantitative estimate of drug-likeness (QED) is 0.728. The van der Waals surface area contributed by atoms with Gasteiger partial charge >= 0.3 is 0 Å². The van der Waals surface area contributed by atoms with Crippen LogP contribution < -0.4 is 0 Å². The molecule has 0 unspecified atom stereocenters. The number of imidazole rings is 1. The lowest BCUT2D eigenvalue weighted by molar-refractivity contribution is 0.597. The second-order valence-electron chi connectivity index (χ2n) is 3.87. The molecule has 2 aromatic heterocycles. The van der Waals surface area contributed by atoms with E-state index in [1.165, 1.54) is 12.3 Å². The Bertz CT molecular complexity index is 728. The SMILES string of the molecule is CCS(=O)(=O)c1cc(Cl)cnc1-c1ncc(I)n1C. The van der Waals surface area contributed by atoms with Gasteiger partial charge in [-0.15, -0.1) is 0 Å². The normalized spacial score (nSPS) is 11.8. The molecule has 5 nitrogen and oxygen atoms in total. The van der Waals surface area contributed by atoms with E-state index >= 15 is 0 Å². The highest BCUT2D eigenvalue weighted by Crippen LogP contribution is 2.28. The van der Waals surface area contributed by atoms with E-state index in [4.69, 9.17) is 11.6 Å². The average molecular weight is 412 g/mol. The molecule has 0 atom stereocenters. The molecule has 0 N–H and O–H groups in total. The molecule has 2 aromatic rings. The van der Waals surface area contributed by atoms with E-state index in [-0.39, 0.29) is 10.6 Å². The lowest BCUT2D eigenvalue weighted by Crippen LogP contribution is -2.09. The smallest absolute Gasteiger partial charge is 0.180 e. The summed E-state index contributed by atoms with van der Waals surface area (Å²) in [7, 11) is -1.60. The number of nitrogens with zero attached hydrogens (tertiary/aromatic N) is 3. The molecule has 2 heterocycles. The minimum atomic E-state index is -3.41. The van der Waals surface area contributed by atoms with E-state index in [2.05, 4.69) is 32.6 Å². The minimum absolute atomic E-state index is 0.0104. The summed E-state index contributed by atoms with van der Waals surface area (Å²) in [5.41, 5.74) is 0.330. The molecule has 0 fully saturated rings. The van der Waals surface area contributed by atoms with Crippen LogP contribution in [0.15, 0.2) is 23.4 Å². The topological polar surface area (TPSA) is 64.8 Å². The van der Waals surface area contributed by atoms with Crippen LogP contribution in [0.5, 0.6) is 0 Å². The number of pyridine rings is 1. The summed E-state index contributed by atoms with van der Waals surface area (Å²) in [6.07, 6.45) is 3.08. The summed E-state index contributed by atoms with van der Waals surface area (Å²) in [6, 6.07) is 1.42. The maximum Gasteiger partial charge on any atom is 0.180 e. The fourth-order valence-electron chi connectivity index (χ4n) is 1.59. The third-order valence-electron chi connectivity index (χ3n) is 2.68. The molecule has 0 saturated carbocycles. The third kappa shape index (κ3) is 2.77. The second kappa shape index (κ2) is 5.37. The Balaban J connectivity index is 2.75. The van der Waals surface area contributed by atoms with Gasteiger partial charge < -0.3 is 4.57 Å². The Hall–Kier alpha value is -0.670. The first kappa shape index (κ1) is 14.7. The summed E-state index contributed by atoms with van der Waals surface area (Å²) in [5, 5.41) is 0.291. The van der Waals surface area contributed by atoms with Gasteiger partial charge in [-0.25, -0.2) is 13.4 Å². The van der Waals surface area contributed by atoms with Gasteiger partial charge in [0, 0.05) is 13.2 Å². The molecule has 2 rings (SSSR count). The van der Waals surface area contributed by atoms with Crippen LogP contribution in [0.4, 0.5) is 0 Å². The van der Waals surface area contributed by atoms with Crippen LogP contribution in [-0.2, 0) is 16.9 Å². The minimum Gasteiger partial charge on any atom is -0.321 e. The van der Waals surface area contributed by atoms with Crippen molar-refractivity contribution in [1.29, 1.82) is 0 Å². The number of hydrogen-bond donors (Lipinski definition) is 0.